The van der Waals surface area contributed by atoms with Crippen molar-refractivity contribution < 1.29 is 13.2 Å². The molecule has 0 radical (unpaired) electrons. The van der Waals surface area contributed by atoms with Gasteiger partial charge in [0.1, 0.15) is 0 Å². The van der Waals surface area contributed by atoms with Crippen LogP contribution in [-0.2, 0) is 14.6 Å². The third-order valence-electron chi connectivity index (χ3n) is 4.36. The second-order valence-corrected chi connectivity index (χ2v) is 8.65. The van der Waals surface area contributed by atoms with Crippen molar-refractivity contribution in [3.63, 3.8) is 0 Å². The minimum atomic E-state index is -2.82. The van der Waals surface area contributed by atoms with Crippen LogP contribution in [0, 0.1) is 5.92 Å². The van der Waals surface area contributed by atoms with E-state index in [1.165, 1.54) is 5.56 Å². The van der Waals surface area contributed by atoms with Crippen molar-refractivity contribution in [3.05, 3.63) is 35.9 Å². The van der Waals surface area contributed by atoms with Gasteiger partial charge in [0.2, 0.25) is 0 Å². The lowest BCUT2D eigenvalue weighted by molar-refractivity contribution is 0.0646. The molecule has 1 saturated heterocycles. The van der Waals surface area contributed by atoms with E-state index in [0.29, 0.717) is 24.9 Å². The molecule has 2 unspecified atom stereocenters. The number of rotatable bonds is 8. The predicted molar refractivity (Wildman–Crippen MR) is 117 cm³/mol. The average Bonchev–Trinajstić information content (AvgIpc) is 2.96. The molecule has 2 rings (SSSR count). The molecular weight excluding hydrogens is 465 g/mol. The van der Waals surface area contributed by atoms with Gasteiger partial charge >= 0.3 is 0 Å². The maximum absolute atomic E-state index is 11.5. The summed E-state index contributed by atoms with van der Waals surface area (Å²) in [6.45, 7) is 4.12. The van der Waals surface area contributed by atoms with Crippen molar-refractivity contribution in [2.45, 2.75) is 25.9 Å². The number of nitrogens with one attached hydrogen (secondary N) is 2. The molecule has 0 amide bonds. The first-order valence-corrected chi connectivity index (χ1v) is 10.6. The summed E-state index contributed by atoms with van der Waals surface area (Å²) in [6.07, 6.45) is 1.69. The van der Waals surface area contributed by atoms with Crippen molar-refractivity contribution in [2.75, 3.05) is 38.2 Å². The maximum Gasteiger partial charge on any atom is 0.190 e. The van der Waals surface area contributed by atoms with E-state index in [-0.39, 0.29) is 41.8 Å². The van der Waals surface area contributed by atoms with Gasteiger partial charge in [-0.1, -0.05) is 30.3 Å². The number of ether oxygens (including phenoxy) is 1. The van der Waals surface area contributed by atoms with Gasteiger partial charge in [-0.3, -0.25) is 4.99 Å². The van der Waals surface area contributed by atoms with Crippen LogP contribution in [0.3, 0.4) is 0 Å². The predicted octanol–water partition coefficient (Wildman–Crippen LogP) is 2.37. The van der Waals surface area contributed by atoms with Gasteiger partial charge in [-0.2, -0.15) is 0 Å². The van der Waals surface area contributed by atoms with Crippen LogP contribution in [0.1, 0.15) is 31.4 Å². The number of aliphatic imine (C=N–C) groups is 1. The second-order valence-electron chi connectivity index (χ2n) is 6.43. The van der Waals surface area contributed by atoms with Gasteiger partial charge in [0.05, 0.1) is 17.6 Å². The molecule has 148 valence electrons. The Bertz CT molecular complexity index is 653. The monoisotopic (exact) mass is 495 g/mol. The Morgan fingerprint density at radius 2 is 2.04 bits per heavy atom. The first-order chi connectivity index (χ1) is 12.0. The Morgan fingerprint density at radius 1 is 1.31 bits per heavy atom. The minimum absolute atomic E-state index is 0. The van der Waals surface area contributed by atoms with Crippen LogP contribution in [0.25, 0.3) is 0 Å². The van der Waals surface area contributed by atoms with E-state index in [1.807, 2.05) is 18.2 Å². The van der Waals surface area contributed by atoms with E-state index >= 15 is 0 Å². The molecule has 1 aliphatic heterocycles. The molecule has 2 atom stereocenters. The van der Waals surface area contributed by atoms with E-state index in [0.717, 1.165) is 19.4 Å². The zero-order chi connectivity index (χ0) is 18.1. The molecule has 1 aliphatic rings. The van der Waals surface area contributed by atoms with Crippen LogP contribution in [0.5, 0.6) is 0 Å². The van der Waals surface area contributed by atoms with Crippen LogP contribution in [-0.4, -0.2) is 52.6 Å². The zero-order valence-electron chi connectivity index (χ0n) is 15.5. The lowest BCUT2D eigenvalue weighted by atomic mass is 10.1. The molecule has 26 heavy (non-hydrogen) atoms. The van der Waals surface area contributed by atoms with Crippen LogP contribution in [0.15, 0.2) is 35.3 Å². The highest BCUT2D eigenvalue weighted by molar-refractivity contribution is 14.0. The third-order valence-corrected chi connectivity index (χ3v) is 6.20. The van der Waals surface area contributed by atoms with Crippen LogP contribution in [0.2, 0.25) is 0 Å². The van der Waals surface area contributed by atoms with Crippen molar-refractivity contribution >= 4 is 39.8 Å². The fourth-order valence-electron chi connectivity index (χ4n) is 2.85. The van der Waals surface area contributed by atoms with Gasteiger partial charge < -0.3 is 15.4 Å². The molecule has 0 aliphatic carbocycles. The molecule has 0 spiro atoms. The summed E-state index contributed by atoms with van der Waals surface area (Å²) in [7, 11) is -1.11. The molecule has 2 N–H and O–H groups in total. The van der Waals surface area contributed by atoms with E-state index in [9.17, 15) is 8.42 Å². The van der Waals surface area contributed by atoms with E-state index in [1.54, 1.807) is 7.05 Å². The van der Waals surface area contributed by atoms with E-state index in [2.05, 4.69) is 34.7 Å². The highest BCUT2D eigenvalue weighted by Gasteiger charge is 2.27. The lowest BCUT2D eigenvalue weighted by Crippen LogP contribution is -2.40. The number of hydrogen-bond donors (Lipinski definition) is 2. The summed E-state index contributed by atoms with van der Waals surface area (Å²) in [5.41, 5.74) is 1.18. The maximum atomic E-state index is 11.5. The number of sulfone groups is 1. The van der Waals surface area contributed by atoms with Gasteiger partial charge in [-0.05, 0) is 31.2 Å². The van der Waals surface area contributed by atoms with E-state index < -0.39 is 9.84 Å². The molecule has 1 heterocycles. The van der Waals surface area contributed by atoms with Crippen LogP contribution < -0.4 is 10.6 Å². The highest BCUT2D eigenvalue weighted by atomic mass is 127. The zero-order valence-corrected chi connectivity index (χ0v) is 18.6. The lowest BCUT2D eigenvalue weighted by Gasteiger charge is -2.16. The van der Waals surface area contributed by atoms with Gasteiger partial charge in [0.15, 0.2) is 15.8 Å². The summed E-state index contributed by atoms with van der Waals surface area (Å²) < 4.78 is 28.8. The SMILES string of the molecule is CN=C(NCCCOC(C)c1ccccc1)NCC1CCS(=O)(=O)C1.I. The molecule has 8 heteroatoms. The molecule has 0 bridgehead atoms. The standard InChI is InChI=1S/C18H29N3O3S.HI/c1-15(17-7-4-3-5-8-17)24-11-6-10-20-18(19-2)21-13-16-9-12-25(22,23)14-16;/h3-5,7-8,15-16H,6,9-14H2,1-2H3,(H2,19,20,21);1H. The molecule has 1 aromatic rings. The van der Waals surface area contributed by atoms with Crippen molar-refractivity contribution in [2.24, 2.45) is 10.9 Å². The quantitative estimate of drug-likeness (QED) is 0.251. The van der Waals surface area contributed by atoms with E-state index in [4.69, 9.17) is 4.74 Å². The van der Waals surface area contributed by atoms with Gasteiger partial charge in [0, 0.05) is 26.7 Å². The van der Waals surface area contributed by atoms with Crippen LogP contribution >= 0.6 is 24.0 Å². The first kappa shape index (κ1) is 23.2. The molecule has 0 saturated carbocycles. The van der Waals surface area contributed by atoms with Crippen molar-refractivity contribution in [3.8, 4) is 0 Å². The second kappa shape index (κ2) is 11.8. The smallest absolute Gasteiger partial charge is 0.190 e. The molecular formula is C18H30IN3O3S. The Morgan fingerprint density at radius 3 is 2.65 bits per heavy atom. The summed E-state index contributed by atoms with van der Waals surface area (Å²) >= 11 is 0. The number of guanidine groups is 1. The summed E-state index contributed by atoms with van der Waals surface area (Å²) in [6, 6.07) is 10.2. The number of nitrogens with zero attached hydrogens (tertiary/aromatic N) is 1. The number of hydrogen-bond acceptors (Lipinski definition) is 4. The topological polar surface area (TPSA) is 79.8 Å². The van der Waals surface area contributed by atoms with Crippen LogP contribution in [0.4, 0.5) is 0 Å². The Balaban J connectivity index is 0.00000338. The summed E-state index contributed by atoms with van der Waals surface area (Å²) in [4.78, 5) is 4.17. The average molecular weight is 495 g/mol. The third kappa shape index (κ3) is 8.22. The first-order valence-electron chi connectivity index (χ1n) is 8.81. The normalized spacial score (nSPS) is 20.2. The molecule has 1 fully saturated rings. The molecule has 0 aromatic heterocycles. The summed E-state index contributed by atoms with van der Waals surface area (Å²) in [5, 5.41) is 6.45. The fourth-order valence-corrected chi connectivity index (χ4v) is 4.72. The van der Waals surface area contributed by atoms with Crippen molar-refractivity contribution in [1.82, 2.24) is 10.6 Å². The Kier molecular flexibility index (Phi) is 10.5. The largest absolute Gasteiger partial charge is 0.374 e. The van der Waals surface area contributed by atoms with Crippen molar-refractivity contribution in [1.29, 1.82) is 0 Å². The van der Waals surface area contributed by atoms with Gasteiger partial charge in [-0.25, -0.2) is 8.42 Å². The van der Waals surface area contributed by atoms with Gasteiger partial charge in [0.25, 0.3) is 0 Å². The minimum Gasteiger partial charge on any atom is -0.374 e. The number of benzene rings is 1. The molecule has 6 nitrogen and oxygen atoms in total. The Hall–Kier alpha value is -0.870. The Labute approximate surface area is 174 Å². The number of halogens is 1. The molecule has 1 aromatic carbocycles. The highest BCUT2D eigenvalue weighted by Crippen LogP contribution is 2.17. The fraction of sp³-hybridized carbons (Fsp3) is 0.611. The van der Waals surface area contributed by atoms with Gasteiger partial charge in [-0.15, -0.1) is 24.0 Å². The summed E-state index contributed by atoms with van der Waals surface area (Å²) in [5.74, 6) is 1.48.